The van der Waals surface area contributed by atoms with Crippen molar-refractivity contribution in [1.82, 2.24) is 5.32 Å². The Morgan fingerprint density at radius 2 is 1.77 bits per heavy atom. The SMILES string of the molecule is O=C(NCc1ccccc1OC(F)F)c1cc(Cl)cc(Cl)c1. The van der Waals surface area contributed by atoms with E-state index in [0.29, 0.717) is 15.6 Å². The van der Waals surface area contributed by atoms with E-state index in [-0.39, 0.29) is 17.9 Å². The van der Waals surface area contributed by atoms with Gasteiger partial charge in [-0.25, -0.2) is 0 Å². The predicted molar refractivity (Wildman–Crippen MR) is 80.7 cm³/mol. The second kappa shape index (κ2) is 7.42. The third-order valence-corrected chi connectivity index (χ3v) is 3.19. The van der Waals surface area contributed by atoms with E-state index in [0.717, 1.165) is 0 Å². The van der Waals surface area contributed by atoms with Crippen LogP contribution < -0.4 is 10.1 Å². The van der Waals surface area contributed by atoms with Crippen molar-refractivity contribution in [2.45, 2.75) is 13.2 Å². The molecule has 0 unspecified atom stereocenters. The molecule has 0 aliphatic carbocycles. The lowest BCUT2D eigenvalue weighted by Crippen LogP contribution is -2.23. The van der Waals surface area contributed by atoms with E-state index >= 15 is 0 Å². The minimum atomic E-state index is -2.93. The van der Waals surface area contributed by atoms with Gasteiger partial charge in [-0.05, 0) is 24.3 Å². The van der Waals surface area contributed by atoms with Crippen LogP contribution in [0.25, 0.3) is 0 Å². The first kappa shape index (κ1) is 16.5. The molecular weight excluding hydrogens is 335 g/mol. The van der Waals surface area contributed by atoms with Gasteiger partial charge in [-0.2, -0.15) is 8.78 Å². The Hall–Kier alpha value is -1.85. The summed E-state index contributed by atoms with van der Waals surface area (Å²) in [6, 6.07) is 10.7. The Kier molecular flexibility index (Phi) is 5.57. The molecule has 0 atom stereocenters. The summed E-state index contributed by atoms with van der Waals surface area (Å²) in [7, 11) is 0. The number of hydrogen-bond acceptors (Lipinski definition) is 2. The molecule has 116 valence electrons. The predicted octanol–water partition coefficient (Wildman–Crippen LogP) is 4.52. The Balaban J connectivity index is 2.08. The van der Waals surface area contributed by atoms with Gasteiger partial charge in [0.15, 0.2) is 0 Å². The van der Waals surface area contributed by atoms with Crippen LogP contribution in [0.15, 0.2) is 42.5 Å². The van der Waals surface area contributed by atoms with E-state index in [2.05, 4.69) is 10.1 Å². The average molecular weight is 346 g/mol. The standard InChI is InChI=1S/C15H11Cl2F2NO2/c16-11-5-10(6-12(17)7-11)14(21)20-8-9-3-1-2-4-13(9)22-15(18)19/h1-7,15H,8H2,(H,20,21). The van der Waals surface area contributed by atoms with Gasteiger partial charge >= 0.3 is 6.61 Å². The zero-order chi connectivity index (χ0) is 16.1. The van der Waals surface area contributed by atoms with Crippen LogP contribution in [0.2, 0.25) is 10.0 Å². The van der Waals surface area contributed by atoms with Crippen molar-refractivity contribution in [3.63, 3.8) is 0 Å². The molecule has 0 aromatic heterocycles. The van der Waals surface area contributed by atoms with E-state index in [1.807, 2.05) is 0 Å². The molecule has 2 aromatic rings. The maximum absolute atomic E-state index is 12.3. The maximum atomic E-state index is 12.3. The van der Waals surface area contributed by atoms with E-state index in [1.54, 1.807) is 18.2 Å². The lowest BCUT2D eigenvalue weighted by Gasteiger charge is -2.11. The first-order valence-corrected chi connectivity index (χ1v) is 6.98. The molecule has 2 aromatic carbocycles. The maximum Gasteiger partial charge on any atom is 0.387 e. The molecule has 0 saturated heterocycles. The van der Waals surface area contributed by atoms with Crippen molar-refractivity contribution in [1.29, 1.82) is 0 Å². The van der Waals surface area contributed by atoms with Crippen molar-refractivity contribution in [3.05, 3.63) is 63.6 Å². The lowest BCUT2D eigenvalue weighted by atomic mass is 10.1. The zero-order valence-electron chi connectivity index (χ0n) is 11.2. The third kappa shape index (κ3) is 4.58. The highest BCUT2D eigenvalue weighted by molar-refractivity contribution is 6.35. The van der Waals surface area contributed by atoms with Crippen molar-refractivity contribution >= 4 is 29.1 Å². The van der Waals surface area contributed by atoms with Gasteiger partial charge in [0.25, 0.3) is 5.91 Å². The normalized spacial score (nSPS) is 10.6. The van der Waals surface area contributed by atoms with Gasteiger partial charge in [-0.1, -0.05) is 41.4 Å². The van der Waals surface area contributed by atoms with Crippen molar-refractivity contribution in [2.24, 2.45) is 0 Å². The second-order valence-corrected chi connectivity index (χ2v) is 5.20. The largest absolute Gasteiger partial charge is 0.434 e. The molecule has 0 fully saturated rings. The quantitative estimate of drug-likeness (QED) is 0.864. The highest BCUT2D eigenvalue weighted by Gasteiger charge is 2.11. The smallest absolute Gasteiger partial charge is 0.387 e. The van der Waals surface area contributed by atoms with Gasteiger partial charge in [0, 0.05) is 27.7 Å². The minimum Gasteiger partial charge on any atom is -0.434 e. The summed E-state index contributed by atoms with van der Waals surface area (Å²) in [5.74, 6) is -0.404. The average Bonchev–Trinajstić information content (AvgIpc) is 2.44. The highest BCUT2D eigenvalue weighted by Crippen LogP contribution is 2.21. The molecule has 7 heteroatoms. The fourth-order valence-corrected chi connectivity index (χ4v) is 2.35. The number of nitrogens with one attached hydrogen (secondary N) is 1. The van der Waals surface area contributed by atoms with E-state index < -0.39 is 12.5 Å². The Bertz CT molecular complexity index is 660. The molecule has 22 heavy (non-hydrogen) atoms. The van der Waals surface area contributed by atoms with Crippen LogP contribution in [0.1, 0.15) is 15.9 Å². The minimum absolute atomic E-state index is 0.0157. The molecule has 0 radical (unpaired) electrons. The number of carbonyl (C=O) groups excluding carboxylic acids is 1. The van der Waals surface area contributed by atoms with Gasteiger partial charge in [-0.15, -0.1) is 0 Å². The molecule has 1 amide bonds. The summed E-state index contributed by atoms with van der Waals surface area (Å²) >= 11 is 11.7. The van der Waals surface area contributed by atoms with Crippen molar-refractivity contribution in [2.75, 3.05) is 0 Å². The zero-order valence-corrected chi connectivity index (χ0v) is 12.7. The molecule has 0 aliphatic rings. The Morgan fingerprint density at radius 1 is 1.14 bits per heavy atom. The van der Waals surface area contributed by atoms with Gasteiger partial charge in [0.2, 0.25) is 0 Å². The number of hydrogen-bond donors (Lipinski definition) is 1. The van der Waals surface area contributed by atoms with Crippen molar-refractivity contribution in [3.8, 4) is 5.75 Å². The molecule has 2 rings (SSSR count). The van der Waals surface area contributed by atoms with E-state index in [1.165, 1.54) is 24.3 Å². The highest BCUT2D eigenvalue weighted by atomic mass is 35.5. The van der Waals surface area contributed by atoms with Crippen molar-refractivity contribution < 1.29 is 18.3 Å². The lowest BCUT2D eigenvalue weighted by molar-refractivity contribution is -0.0504. The number of carbonyl (C=O) groups is 1. The van der Waals surface area contributed by atoms with Crippen LogP contribution in [0.5, 0.6) is 5.75 Å². The summed E-state index contributed by atoms with van der Waals surface area (Å²) in [5, 5.41) is 3.27. The Morgan fingerprint density at radius 3 is 2.41 bits per heavy atom. The number of halogens is 4. The number of rotatable bonds is 5. The summed E-state index contributed by atoms with van der Waals surface area (Å²) in [6.45, 7) is -2.89. The van der Waals surface area contributed by atoms with E-state index in [9.17, 15) is 13.6 Å². The van der Waals surface area contributed by atoms with Crippen LogP contribution >= 0.6 is 23.2 Å². The van der Waals surface area contributed by atoms with Crippen LogP contribution in [-0.4, -0.2) is 12.5 Å². The molecule has 0 heterocycles. The fourth-order valence-electron chi connectivity index (χ4n) is 1.82. The first-order chi connectivity index (χ1) is 10.5. The summed E-state index contributed by atoms with van der Waals surface area (Å²) < 4.78 is 29.0. The molecule has 0 aliphatic heterocycles. The summed E-state index contributed by atoms with van der Waals surface area (Å²) in [5.41, 5.74) is 0.717. The van der Waals surface area contributed by atoms with Gasteiger partial charge in [0.1, 0.15) is 5.75 Å². The number of amides is 1. The van der Waals surface area contributed by atoms with Crippen LogP contribution in [0, 0.1) is 0 Å². The topological polar surface area (TPSA) is 38.3 Å². The second-order valence-electron chi connectivity index (χ2n) is 4.33. The number of ether oxygens (including phenoxy) is 1. The van der Waals surface area contributed by atoms with E-state index in [4.69, 9.17) is 23.2 Å². The number of benzene rings is 2. The third-order valence-electron chi connectivity index (χ3n) is 2.75. The van der Waals surface area contributed by atoms with Crippen LogP contribution in [0.4, 0.5) is 8.78 Å². The Labute approximate surface area is 135 Å². The number of para-hydroxylation sites is 1. The van der Waals surface area contributed by atoms with Crippen LogP contribution in [-0.2, 0) is 6.54 Å². The molecular formula is C15H11Cl2F2NO2. The summed E-state index contributed by atoms with van der Waals surface area (Å²) in [4.78, 5) is 12.0. The van der Waals surface area contributed by atoms with Crippen LogP contribution in [0.3, 0.4) is 0 Å². The molecule has 0 spiro atoms. The first-order valence-electron chi connectivity index (χ1n) is 6.22. The monoisotopic (exact) mass is 345 g/mol. The fraction of sp³-hybridized carbons (Fsp3) is 0.133. The summed E-state index contributed by atoms with van der Waals surface area (Å²) in [6.07, 6.45) is 0. The molecule has 1 N–H and O–H groups in total. The molecule has 3 nitrogen and oxygen atoms in total. The van der Waals surface area contributed by atoms with Gasteiger partial charge in [-0.3, -0.25) is 4.79 Å². The number of alkyl halides is 2. The van der Waals surface area contributed by atoms with Gasteiger partial charge in [0.05, 0.1) is 0 Å². The molecule has 0 saturated carbocycles. The molecule has 0 bridgehead atoms. The van der Waals surface area contributed by atoms with Gasteiger partial charge < -0.3 is 10.1 Å².